The fourth-order valence-corrected chi connectivity index (χ4v) is 2.53. The summed E-state index contributed by atoms with van der Waals surface area (Å²) in [4.78, 5) is 24.1. The second-order valence-electron chi connectivity index (χ2n) is 6.78. The van der Waals surface area contributed by atoms with Crippen LogP contribution in [0.5, 0.6) is 0 Å². The summed E-state index contributed by atoms with van der Waals surface area (Å²) in [5, 5.41) is 8.15. The molecular weight excluding hydrogens is 352 g/mol. The van der Waals surface area contributed by atoms with E-state index in [0.29, 0.717) is 16.9 Å². The topological polar surface area (TPSA) is 70.2 Å². The van der Waals surface area contributed by atoms with Gasteiger partial charge in [-0.2, -0.15) is 0 Å². The van der Waals surface area contributed by atoms with Gasteiger partial charge in [0, 0.05) is 17.3 Å². The summed E-state index contributed by atoms with van der Waals surface area (Å²) < 4.78 is 27.5. The number of rotatable bonds is 6. The Bertz CT molecular complexity index is 882. The van der Waals surface area contributed by atoms with Gasteiger partial charge in [-0.3, -0.25) is 9.59 Å². The van der Waals surface area contributed by atoms with Gasteiger partial charge in [0.25, 0.3) is 0 Å². The Balaban J connectivity index is 1.63. The fraction of sp³-hybridized carbons (Fsp3) is 0.300. The molecule has 3 rings (SSSR count). The van der Waals surface area contributed by atoms with Crippen LogP contribution in [0.4, 0.5) is 25.8 Å². The SMILES string of the molecule is Cc1ccc(NC(=O)[C@H](C)Nc2ccc(F)c(NC(=O)C3CC3)c2)cc1F. The lowest BCUT2D eigenvalue weighted by molar-refractivity contribution is -0.117. The van der Waals surface area contributed by atoms with Crippen LogP contribution in [0.1, 0.15) is 25.3 Å². The summed E-state index contributed by atoms with van der Waals surface area (Å²) in [7, 11) is 0. The van der Waals surface area contributed by atoms with Crippen molar-refractivity contribution in [1.29, 1.82) is 0 Å². The number of hydrogen-bond donors (Lipinski definition) is 3. The highest BCUT2D eigenvalue weighted by Crippen LogP contribution is 2.31. The molecule has 0 aliphatic heterocycles. The minimum Gasteiger partial charge on any atom is -0.374 e. The van der Waals surface area contributed by atoms with Crippen molar-refractivity contribution in [2.45, 2.75) is 32.7 Å². The first-order valence-electron chi connectivity index (χ1n) is 8.77. The van der Waals surface area contributed by atoms with E-state index in [1.807, 2.05) is 0 Å². The smallest absolute Gasteiger partial charge is 0.246 e. The van der Waals surface area contributed by atoms with Gasteiger partial charge >= 0.3 is 0 Å². The molecule has 2 aromatic carbocycles. The second kappa shape index (κ2) is 7.73. The zero-order valence-corrected chi connectivity index (χ0v) is 15.1. The number of halogens is 2. The van der Waals surface area contributed by atoms with Gasteiger partial charge in [-0.05, 0) is 62.6 Å². The van der Waals surface area contributed by atoms with Gasteiger partial charge in [0.15, 0.2) is 0 Å². The molecule has 0 heterocycles. The van der Waals surface area contributed by atoms with Crippen molar-refractivity contribution in [3.8, 4) is 0 Å². The molecule has 3 N–H and O–H groups in total. The van der Waals surface area contributed by atoms with E-state index < -0.39 is 17.7 Å². The maximum atomic E-state index is 13.9. The Morgan fingerprint density at radius 3 is 2.37 bits per heavy atom. The van der Waals surface area contributed by atoms with Crippen LogP contribution >= 0.6 is 0 Å². The molecule has 0 aromatic heterocycles. The predicted molar refractivity (Wildman–Crippen MR) is 101 cm³/mol. The highest BCUT2D eigenvalue weighted by molar-refractivity contribution is 5.97. The Morgan fingerprint density at radius 2 is 1.70 bits per heavy atom. The predicted octanol–water partition coefficient (Wildman–Crippen LogP) is 4.06. The van der Waals surface area contributed by atoms with Gasteiger partial charge in [0.1, 0.15) is 17.7 Å². The first kappa shape index (κ1) is 18.8. The van der Waals surface area contributed by atoms with Crippen LogP contribution in [0.2, 0.25) is 0 Å². The maximum Gasteiger partial charge on any atom is 0.246 e. The monoisotopic (exact) mass is 373 g/mol. The molecule has 1 aliphatic carbocycles. The molecule has 0 bridgehead atoms. The molecule has 5 nitrogen and oxygen atoms in total. The number of hydrogen-bond acceptors (Lipinski definition) is 3. The summed E-state index contributed by atoms with van der Waals surface area (Å²) in [6, 6.07) is 7.95. The quantitative estimate of drug-likeness (QED) is 0.715. The third kappa shape index (κ3) is 4.81. The van der Waals surface area contributed by atoms with Crippen LogP contribution in [-0.2, 0) is 9.59 Å². The van der Waals surface area contributed by atoms with E-state index in [-0.39, 0.29) is 23.4 Å². The molecule has 2 aromatic rings. The van der Waals surface area contributed by atoms with Crippen LogP contribution in [0, 0.1) is 24.5 Å². The maximum absolute atomic E-state index is 13.9. The fourth-order valence-electron chi connectivity index (χ4n) is 2.53. The van der Waals surface area contributed by atoms with E-state index in [2.05, 4.69) is 16.0 Å². The summed E-state index contributed by atoms with van der Waals surface area (Å²) in [6.45, 7) is 3.27. The average Bonchev–Trinajstić information content (AvgIpc) is 3.46. The van der Waals surface area contributed by atoms with Crippen LogP contribution in [0.25, 0.3) is 0 Å². The molecule has 1 saturated carbocycles. The third-order valence-electron chi connectivity index (χ3n) is 4.39. The molecule has 0 saturated heterocycles. The molecule has 0 radical (unpaired) electrons. The molecule has 2 amide bonds. The zero-order valence-electron chi connectivity index (χ0n) is 15.1. The normalized spacial score (nSPS) is 14.4. The van der Waals surface area contributed by atoms with Crippen molar-refractivity contribution >= 4 is 28.9 Å². The molecule has 27 heavy (non-hydrogen) atoms. The van der Waals surface area contributed by atoms with Gasteiger partial charge in [-0.15, -0.1) is 0 Å². The highest BCUT2D eigenvalue weighted by atomic mass is 19.1. The Morgan fingerprint density at radius 1 is 1.00 bits per heavy atom. The van der Waals surface area contributed by atoms with Crippen LogP contribution in [-0.4, -0.2) is 17.9 Å². The van der Waals surface area contributed by atoms with Crippen molar-refractivity contribution in [1.82, 2.24) is 0 Å². The number of amides is 2. The van der Waals surface area contributed by atoms with E-state index in [1.165, 1.54) is 24.3 Å². The van der Waals surface area contributed by atoms with Crippen LogP contribution in [0.15, 0.2) is 36.4 Å². The van der Waals surface area contributed by atoms with Crippen molar-refractivity contribution in [3.63, 3.8) is 0 Å². The minimum absolute atomic E-state index is 0.0411. The molecule has 142 valence electrons. The second-order valence-corrected chi connectivity index (χ2v) is 6.78. The summed E-state index contributed by atoms with van der Waals surface area (Å²) in [5.74, 6) is -1.55. The van der Waals surface area contributed by atoms with E-state index in [0.717, 1.165) is 12.8 Å². The summed E-state index contributed by atoms with van der Waals surface area (Å²) in [6.07, 6.45) is 1.64. The van der Waals surface area contributed by atoms with Crippen molar-refractivity contribution in [2.24, 2.45) is 5.92 Å². The van der Waals surface area contributed by atoms with E-state index in [4.69, 9.17) is 0 Å². The number of carbonyl (C=O) groups excluding carboxylic acids is 2. The molecule has 0 unspecified atom stereocenters. The Labute approximate surface area is 156 Å². The summed E-state index contributed by atoms with van der Waals surface area (Å²) >= 11 is 0. The van der Waals surface area contributed by atoms with E-state index in [1.54, 1.807) is 26.0 Å². The number of aryl methyl sites for hydroxylation is 1. The van der Waals surface area contributed by atoms with E-state index in [9.17, 15) is 18.4 Å². The third-order valence-corrected chi connectivity index (χ3v) is 4.39. The first-order valence-corrected chi connectivity index (χ1v) is 8.77. The lowest BCUT2D eigenvalue weighted by Crippen LogP contribution is -2.32. The lowest BCUT2D eigenvalue weighted by Gasteiger charge is -2.16. The van der Waals surface area contributed by atoms with Crippen LogP contribution in [0.3, 0.4) is 0 Å². The Hall–Kier alpha value is -2.96. The molecule has 0 spiro atoms. The van der Waals surface area contributed by atoms with Gasteiger partial charge in [0.2, 0.25) is 11.8 Å². The van der Waals surface area contributed by atoms with Gasteiger partial charge in [-0.25, -0.2) is 8.78 Å². The highest BCUT2D eigenvalue weighted by Gasteiger charge is 2.30. The zero-order chi connectivity index (χ0) is 19.6. The number of carbonyl (C=O) groups is 2. The molecule has 7 heteroatoms. The van der Waals surface area contributed by atoms with Gasteiger partial charge in [0.05, 0.1) is 5.69 Å². The van der Waals surface area contributed by atoms with Crippen LogP contribution < -0.4 is 16.0 Å². The number of nitrogens with one attached hydrogen (secondary N) is 3. The van der Waals surface area contributed by atoms with Crippen molar-refractivity contribution in [3.05, 3.63) is 53.6 Å². The summed E-state index contributed by atoms with van der Waals surface area (Å²) in [5.41, 5.74) is 1.41. The Kier molecular flexibility index (Phi) is 5.39. The van der Waals surface area contributed by atoms with Crippen molar-refractivity contribution < 1.29 is 18.4 Å². The van der Waals surface area contributed by atoms with Gasteiger partial charge < -0.3 is 16.0 Å². The molecule has 1 atom stereocenters. The first-order chi connectivity index (χ1) is 12.8. The molecule has 1 fully saturated rings. The number of anilines is 3. The van der Waals surface area contributed by atoms with E-state index >= 15 is 0 Å². The molecular formula is C20H21F2N3O2. The largest absolute Gasteiger partial charge is 0.374 e. The lowest BCUT2D eigenvalue weighted by atomic mass is 10.2. The van der Waals surface area contributed by atoms with Gasteiger partial charge in [-0.1, -0.05) is 6.07 Å². The standard InChI is InChI=1S/C20H21F2N3O2/c1-11-3-6-14(9-17(11)22)24-19(26)12(2)23-15-7-8-16(21)18(10-15)25-20(27)13-4-5-13/h3,6-10,12-13,23H,4-5H2,1-2H3,(H,24,26)(H,25,27)/t12-/m0/s1. The minimum atomic E-state index is -0.660. The number of benzene rings is 2. The van der Waals surface area contributed by atoms with Crippen molar-refractivity contribution in [2.75, 3.05) is 16.0 Å². The molecule has 1 aliphatic rings. The average molecular weight is 373 g/mol.